The zero-order valence-corrected chi connectivity index (χ0v) is 36.9. The maximum atomic E-state index is 12.2. The first-order valence-electron chi connectivity index (χ1n) is 19.7. The van der Waals surface area contributed by atoms with Gasteiger partial charge in [-0.05, 0) is 100 Å². The smallest absolute Gasteiger partial charge is 0.303 e. The van der Waals surface area contributed by atoms with Crippen molar-refractivity contribution in [3.63, 3.8) is 0 Å². The maximum Gasteiger partial charge on any atom is 0.303 e. The number of benzene rings is 2. The number of fused-ring (bicyclic) bond motifs is 2. The second-order valence-electron chi connectivity index (χ2n) is 15.4. The van der Waals surface area contributed by atoms with Gasteiger partial charge in [0.05, 0.1) is 64.9 Å². The van der Waals surface area contributed by atoms with Gasteiger partial charge in [-0.3, -0.25) is 9.69 Å². The van der Waals surface area contributed by atoms with Gasteiger partial charge in [0.2, 0.25) is 0 Å². The Labute approximate surface area is 353 Å². The van der Waals surface area contributed by atoms with E-state index in [2.05, 4.69) is 0 Å². The van der Waals surface area contributed by atoms with Gasteiger partial charge in [0.25, 0.3) is 0 Å². The van der Waals surface area contributed by atoms with Crippen molar-refractivity contribution in [1.82, 2.24) is 0 Å². The summed E-state index contributed by atoms with van der Waals surface area (Å²) in [5.41, 5.74) is 1.21. The Bertz CT molecular complexity index is 2200. The zero-order chi connectivity index (χ0) is 44.4. The first kappa shape index (κ1) is 49.4. The number of nitrogens with one attached hydrogen (secondary N) is 1. The van der Waals surface area contributed by atoms with E-state index in [1.54, 1.807) is 27.2 Å². The van der Waals surface area contributed by atoms with Crippen molar-refractivity contribution in [1.29, 1.82) is 0 Å². The van der Waals surface area contributed by atoms with E-state index in [0.29, 0.717) is 81.2 Å². The second kappa shape index (κ2) is 21.2. The minimum absolute atomic E-state index is 0.0208. The Kier molecular flexibility index (Phi) is 17.4. The van der Waals surface area contributed by atoms with Gasteiger partial charge in [0, 0.05) is 68.0 Å². The number of methoxy groups -OCH3 is 2. The number of carboxylic acid groups (broad SMARTS) is 1. The van der Waals surface area contributed by atoms with Crippen LogP contribution in [0, 0.1) is 0 Å². The minimum atomic E-state index is -4.89. The van der Waals surface area contributed by atoms with Crippen LogP contribution in [0.15, 0.2) is 70.1 Å². The van der Waals surface area contributed by atoms with Crippen molar-refractivity contribution in [2.75, 3.05) is 77.6 Å². The van der Waals surface area contributed by atoms with Crippen molar-refractivity contribution >= 4 is 47.7 Å². The van der Waals surface area contributed by atoms with E-state index in [-0.39, 0.29) is 50.0 Å². The molecule has 0 saturated heterocycles. The molecular weight excluding hydrogens is 845 g/mol. The summed E-state index contributed by atoms with van der Waals surface area (Å²) in [7, 11) is -11.2. The fourth-order valence-electron chi connectivity index (χ4n) is 8.31. The highest BCUT2D eigenvalue weighted by Crippen LogP contribution is 2.51. The summed E-state index contributed by atoms with van der Waals surface area (Å²) in [5.74, 6) is -1.56. The Balaban J connectivity index is 1.82. The Hall–Kier alpha value is -3.28. The fourth-order valence-corrected chi connectivity index (χ4v) is 9.81. The molecule has 4 rings (SSSR count). The van der Waals surface area contributed by atoms with E-state index in [1.807, 2.05) is 30.1 Å². The number of quaternary nitrogens is 1. The molecule has 2 heterocycles. The third-order valence-electron chi connectivity index (χ3n) is 11.4. The molecule has 4 unspecified atom stereocenters. The van der Waals surface area contributed by atoms with E-state index < -0.39 is 57.8 Å². The summed E-state index contributed by atoms with van der Waals surface area (Å²) in [4.78, 5) is 13.2. The number of rotatable bonds is 26. The molecule has 0 bridgehead atoms. The lowest BCUT2D eigenvalue weighted by Crippen LogP contribution is -3.10. The SMILES string of the molecule is COCCOCCOCCN1/C(=C/C=C/C2[NH+](CCCCCC(=O)O)c3ccc(S(=O)(=O)[O-])cc3C2(C)CCOC)C(C)(CCCS(=O)(=O)[O-])c2cc(S(=O)(=O)[O-])ccc21. The predicted molar refractivity (Wildman–Crippen MR) is 217 cm³/mol. The number of hydrogen-bond acceptors (Lipinski definition) is 15. The first-order valence-corrected chi connectivity index (χ1v) is 24.1. The van der Waals surface area contributed by atoms with Gasteiger partial charge >= 0.3 is 5.97 Å². The molecule has 20 heteroatoms. The molecule has 0 fully saturated rings. The number of anilines is 1. The van der Waals surface area contributed by atoms with Gasteiger partial charge in [-0.25, -0.2) is 25.3 Å². The fraction of sp³-hybridized carbons (Fsp3) is 0.575. The van der Waals surface area contributed by atoms with Gasteiger partial charge in [0.1, 0.15) is 32.0 Å². The van der Waals surface area contributed by atoms with Crippen molar-refractivity contribution < 1.29 is 72.7 Å². The van der Waals surface area contributed by atoms with Crippen LogP contribution in [-0.2, 0) is 64.9 Å². The normalized spacial score (nSPS) is 22.5. The molecule has 0 radical (unpaired) electrons. The molecule has 0 aliphatic carbocycles. The Morgan fingerprint density at radius 1 is 0.800 bits per heavy atom. The molecule has 17 nitrogen and oxygen atoms in total. The molecule has 2 aromatic carbocycles. The highest BCUT2D eigenvalue weighted by molar-refractivity contribution is 7.86. The molecule has 0 saturated carbocycles. The summed E-state index contributed by atoms with van der Waals surface area (Å²) in [5, 5.41) is 9.17. The van der Waals surface area contributed by atoms with Gasteiger partial charge < -0.3 is 42.6 Å². The van der Waals surface area contributed by atoms with Crippen molar-refractivity contribution in [3.8, 4) is 0 Å². The quantitative estimate of drug-likeness (QED) is 0.102. The summed E-state index contributed by atoms with van der Waals surface area (Å²) in [6, 6.07) is 8.02. The molecule has 336 valence electrons. The zero-order valence-electron chi connectivity index (χ0n) is 34.4. The topological polar surface area (TPSA) is 253 Å². The van der Waals surface area contributed by atoms with E-state index in [1.165, 1.54) is 30.3 Å². The third kappa shape index (κ3) is 12.7. The monoisotopic (exact) mass is 900 g/mol. The number of allylic oxidation sites excluding steroid dienone is 3. The van der Waals surface area contributed by atoms with Crippen LogP contribution in [0.25, 0.3) is 0 Å². The van der Waals surface area contributed by atoms with Gasteiger partial charge in [-0.15, -0.1) is 0 Å². The maximum absolute atomic E-state index is 12.2. The number of unbranched alkanes of at least 4 members (excludes halogenated alkanes) is 2. The standard InChI is InChI=1S/C40H58N2O15S3/c1-39(17-9-27-58(45,46)47)32-28-30(59(48,49)50)14-16-35(32)42(20-22-56-25-26-57-24-23-55-4)36(39)10-8-11-37-40(2,18-21-54-3)33-29-31(60(51,52)53)13-15-34(33)41(37)19-7-5-6-12-38(43)44/h8,10-11,13-16,28-29,37H,5-7,9,12,17-27H2,1-4H3,(H,43,44)(H,45,46,47)(H,48,49,50)(H,51,52,53)/p-2/b11-8+,36-10+. The van der Waals surface area contributed by atoms with Crippen LogP contribution in [0.2, 0.25) is 0 Å². The summed E-state index contributed by atoms with van der Waals surface area (Å²) in [6.07, 6.45) is 7.82. The van der Waals surface area contributed by atoms with Crippen LogP contribution in [0.3, 0.4) is 0 Å². The summed E-state index contributed by atoms with van der Waals surface area (Å²) >= 11 is 0. The van der Waals surface area contributed by atoms with Gasteiger partial charge in [-0.1, -0.05) is 6.08 Å². The molecule has 0 spiro atoms. The average molecular weight is 901 g/mol. The predicted octanol–water partition coefficient (Wildman–Crippen LogP) is 2.56. The molecule has 2 N–H and O–H groups in total. The van der Waals surface area contributed by atoms with Crippen molar-refractivity contribution in [3.05, 3.63) is 71.5 Å². The van der Waals surface area contributed by atoms with E-state index in [0.717, 1.165) is 10.6 Å². The highest BCUT2D eigenvalue weighted by atomic mass is 32.2. The molecule has 2 aliphatic heterocycles. The van der Waals surface area contributed by atoms with Crippen LogP contribution in [-0.4, -0.2) is 129 Å². The molecular formula is C40H56N2O15S3-2. The molecule has 0 aromatic heterocycles. The number of aliphatic carboxylic acids is 1. The lowest BCUT2D eigenvalue weighted by Gasteiger charge is -2.32. The number of ether oxygens (including phenoxy) is 4. The Morgan fingerprint density at radius 3 is 2.03 bits per heavy atom. The minimum Gasteiger partial charge on any atom is -0.748 e. The summed E-state index contributed by atoms with van der Waals surface area (Å²) in [6.45, 7) is 6.44. The molecule has 60 heavy (non-hydrogen) atoms. The van der Waals surface area contributed by atoms with E-state index >= 15 is 0 Å². The van der Waals surface area contributed by atoms with Crippen LogP contribution in [0.4, 0.5) is 11.4 Å². The summed E-state index contributed by atoms with van der Waals surface area (Å²) < 4.78 is 130. The largest absolute Gasteiger partial charge is 0.748 e. The van der Waals surface area contributed by atoms with Gasteiger partial charge in [-0.2, -0.15) is 0 Å². The highest BCUT2D eigenvalue weighted by Gasteiger charge is 2.51. The van der Waals surface area contributed by atoms with Crippen LogP contribution in [0.5, 0.6) is 0 Å². The second-order valence-corrected chi connectivity index (χ2v) is 19.7. The van der Waals surface area contributed by atoms with Crippen molar-refractivity contribution in [2.24, 2.45) is 0 Å². The average Bonchev–Trinajstić information content (AvgIpc) is 3.53. The van der Waals surface area contributed by atoms with E-state index in [9.17, 15) is 48.8 Å². The first-order chi connectivity index (χ1) is 28.2. The lowest BCUT2D eigenvalue weighted by molar-refractivity contribution is -0.851. The molecule has 0 amide bonds. The molecule has 2 aliphatic rings. The van der Waals surface area contributed by atoms with Crippen LogP contribution >= 0.6 is 0 Å². The number of carbonyl (C=O) groups is 1. The van der Waals surface area contributed by atoms with Gasteiger partial charge in [0.15, 0.2) is 0 Å². The number of hydrogen-bond donors (Lipinski definition) is 2. The Morgan fingerprint density at radius 2 is 1.42 bits per heavy atom. The van der Waals surface area contributed by atoms with Crippen LogP contribution in [0.1, 0.15) is 69.9 Å². The third-order valence-corrected chi connectivity index (χ3v) is 13.8. The van der Waals surface area contributed by atoms with Crippen molar-refractivity contribution in [2.45, 2.75) is 85.5 Å². The number of carboxylic acids is 1. The van der Waals surface area contributed by atoms with E-state index in [4.69, 9.17) is 18.9 Å². The number of nitrogens with zero attached hydrogens (tertiary/aromatic N) is 1. The molecule has 4 atom stereocenters. The van der Waals surface area contributed by atoms with Crippen LogP contribution < -0.4 is 9.80 Å². The lowest BCUT2D eigenvalue weighted by atomic mass is 9.75. The molecule has 2 aromatic rings.